The number of nitrogens with one attached hydrogen (secondary N) is 2. The van der Waals surface area contributed by atoms with Crippen LogP contribution in [0.2, 0.25) is 0 Å². The van der Waals surface area contributed by atoms with Crippen LogP contribution in [-0.4, -0.2) is 77.2 Å². The van der Waals surface area contributed by atoms with Crippen LogP contribution in [0.3, 0.4) is 0 Å². The summed E-state index contributed by atoms with van der Waals surface area (Å²) in [4.78, 5) is 57.2. The van der Waals surface area contributed by atoms with Crippen molar-refractivity contribution in [2.45, 2.75) is 95.2 Å². The minimum absolute atomic E-state index is 0.0963. The van der Waals surface area contributed by atoms with E-state index >= 15 is 8.78 Å². The smallest absolute Gasteiger partial charge is 0.329 e. The Balaban J connectivity index is 0.928. The average molecular weight is 783 g/mol. The number of likely N-dealkylation sites (tertiary alicyclic amines) is 1. The van der Waals surface area contributed by atoms with Crippen LogP contribution < -0.4 is 16.3 Å². The number of rotatable bonds is 8. The fourth-order valence-electron chi connectivity index (χ4n) is 9.23. The summed E-state index contributed by atoms with van der Waals surface area (Å²) in [5, 5.41) is 22.0. The van der Waals surface area contributed by atoms with Crippen molar-refractivity contribution < 1.29 is 28.3 Å². The van der Waals surface area contributed by atoms with Crippen molar-refractivity contribution in [2.24, 2.45) is 13.0 Å². The molecular weight excluding hydrogens is 735 g/mol. The Morgan fingerprint density at radius 2 is 1.79 bits per heavy atom. The lowest BCUT2D eigenvalue weighted by atomic mass is 9.83. The molecule has 3 aliphatic rings. The summed E-state index contributed by atoms with van der Waals surface area (Å²) in [6.45, 7) is 5.82. The molecule has 0 bridgehead atoms. The van der Waals surface area contributed by atoms with Crippen LogP contribution in [0.15, 0.2) is 59.5 Å². The number of carbonyl (C=O) groups is 3. The van der Waals surface area contributed by atoms with Gasteiger partial charge in [0.15, 0.2) is 0 Å². The van der Waals surface area contributed by atoms with E-state index in [0.29, 0.717) is 46.5 Å². The maximum Gasteiger partial charge on any atom is 0.329 e. The van der Waals surface area contributed by atoms with Crippen molar-refractivity contribution in [3.8, 4) is 0 Å². The number of fused-ring (bicyclic) bond motifs is 2. The molecule has 2 aliphatic heterocycles. The van der Waals surface area contributed by atoms with Crippen molar-refractivity contribution in [3.05, 3.63) is 87.7 Å². The van der Waals surface area contributed by atoms with Gasteiger partial charge in [-0.25, -0.2) is 18.6 Å². The van der Waals surface area contributed by atoms with E-state index in [4.69, 9.17) is 5.10 Å². The van der Waals surface area contributed by atoms with Gasteiger partial charge in [0, 0.05) is 48.5 Å². The number of anilines is 1. The molecule has 3 fully saturated rings. The quantitative estimate of drug-likeness (QED) is 0.169. The van der Waals surface area contributed by atoms with Crippen molar-refractivity contribution >= 4 is 45.3 Å². The molecule has 15 heteroatoms. The fraction of sp³-hybridized carbons (Fsp3) is 0.476. The van der Waals surface area contributed by atoms with Crippen LogP contribution in [0.4, 0.5) is 14.5 Å². The number of pyridine rings is 1. The van der Waals surface area contributed by atoms with Crippen LogP contribution in [0.1, 0.15) is 104 Å². The van der Waals surface area contributed by atoms with Gasteiger partial charge in [-0.3, -0.25) is 38.4 Å². The zero-order valence-electron chi connectivity index (χ0n) is 32.6. The first-order valence-corrected chi connectivity index (χ1v) is 19.7. The van der Waals surface area contributed by atoms with E-state index in [1.54, 1.807) is 51.2 Å². The van der Waals surface area contributed by atoms with Crippen LogP contribution in [0, 0.1) is 12.8 Å². The van der Waals surface area contributed by atoms with Gasteiger partial charge in [-0.15, -0.1) is 0 Å². The van der Waals surface area contributed by atoms with Crippen LogP contribution in [0.25, 0.3) is 21.9 Å². The molecule has 8 rings (SSSR count). The van der Waals surface area contributed by atoms with Gasteiger partial charge in [0.2, 0.25) is 11.8 Å². The van der Waals surface area contributed by atoms with Crippen molar-refractivity contribution in [1.82, 2.24) is 34.1 Å². The molecule has 1 saturated carbocycles. The molecule has 5 aromatic rings. The minimum Gasteiger partial charge on any atom is -0.386 e. The Hall–Kier alpha value is -5.28. The average Bonchev–Trinajstić information content (AvgIpc) is 3.68. The number of alkyl halides is 2. The van der Waals surface area contributed by atoms with Crippen LogP contribution in [-0.2, 0) is 22.2 Å². The summed E-state index contributed by atoms with van der Waals surface area (Å²) in [5.41, 5.74) is 2.20. The number of hydrogen-bond acceptors (Lipinski definition) is 8. The second-order valence-electron chi connectivity index (χ2n) is 16.6. The Bertz CT molecular complexity index is 2460. The van der Waals surface area contributed by atoms with E-state index in [9.17, 15) is 24.3 Å². The Morgan fingerprint density at radius 3 is 2.49 bits per heavy atom. The summed E-state index contributed by atoms with van der Waals surface area (Å²) in [6.07, 6.45) is 5.86. The number of para-hydroxylation sites is 1. The molecule has 3 amide bonds. The van der Waals surface area contributed by atoms with Crippen molar-refractivity contribution in [3.63, 3.8) is 0 Å². The third-order valence-corrected chi connectivity index (χ3v) is 12.1. The molecule has 2 saturated heterocycles. The number of aromatic nitrogens is 5. The summed E-state index contributed by atoms with van der Waals surface area (Å²) in [5.74, 6) is -5.23. The number of hydrogen-bond donors (Lipinski definition) is 3. The molecule has 2 atom stereocenters. The second-order valence-corrected chi connectivity index (χ2v) is 16.6. The predicted octanol–water partition coefficient (Wildman–Crippen LogP) is 5.71. The SMILES string of the molecule is Cc1cccc(C(=O)Nc2cc3cn(C4CCC(CN5CCC(c6cccc7c6n(C)c(=O)n7C6CCC(=O)NC6=O)C(F)(F)C5)CC4)nc3cc2C(C)(C)O)n1. The van der Waals surface area contributed by atoms with Gasteiger partial charge >= 0.3 is 5.69 Å². The molecule has 300 valence electrons. The first-order chi connectivity index (χ1) is 27.1. The highest BCUT2D eigenvalue weighted by molar-refractivity contribution is 6.04. The molecule has 1 aliphatic carbocycles. The van der Waals surface area contributed by atoms with E-state index in [1.807, 2.05) is 40.9 Å². The zero-order chi connectivity index (χ0) is 40.4. The van der Waals surface area contributed by atoms with Gasteiger partial charge in [0.05, 0.1) is 40.7 Å². The zero-order valence-corrected chi connectivity index (χ0v) is 32.6. The Kier molecular flexibility index (Phi) is 9.87. The third kappa shape index (κ3) is 7.38. The number of halogens is 2. The van der Waals surface area contributed by atoms with E-state index in [0.717, 1.165) is 36.8 Å². The van der Waals surface area contributed by atoms with Gasteiger partial charge in [0.25, 0.3) is 11.8 Å². The van der Waals surface area contributed by atoms with E-state index in [-0.39, 0.29) is 49.4 Å². The molecule has 3 N–H and O–H groups in total. The summed E-state index contributed by atoms with van der Waals surface area (Å²) in [7, 11) is 1.54. The topological polar surface area (TPSA) is 156 Å². The lowest BCUT2D eigenvalue weighted by molar-refractivity contribution is -0.135. The molecular formula is C42H48F2N8O5. The van der Waals surface area contributed by atoms with Crippen molar-refractivity contribution in [2.75, 3.05) is 25.0 Å². The number of aryl methyl sites for hydroxylation is 2. The van der Waals surface area contributed by atoms with Gasteiger partial charge < -0.3 is 10.4 Å². The van der Waals surface area contributed by atoms with E-state index in [2.05, 4.69) is 15.6 Å². The Morgan fingerprint density at radius 1 is 1.04 bits per heavy atom. The van der Waals surface area contributed by atoms with Gasteiger partial charge in [-0.2, -0.15) is 5.10 Å². The summed E-state index contributed by atoms with van der Waals surface area (Å²) >= 11 is 0. The highest BCUT2D eigenvalue weighted by Gasteiger charge is 2.47. The molecule has 3 aromatic heterocycles. The number of piperidine rings is 2. The van der Waals surface area contributed by atoms with E-state index in [1.165, 1.54) is 9.13 Å². The summed E-state index contributed by atoms with van der Waals surface area (Å²) in [6, 6.07) is 13.1. The first-order valence-electron chi connectivity index (χ1n) is 19.7. The lowest BCUT2D eigenvalue weighted by Crippen LogP contribution is -2.49. The molecule has 2 unspecified atom stereocenters. The number of nitrogens with zero attached hydrogens (tertiary/aromatic N) is 6. The van der Waals surface area contributed by atoms with Crippen LogP contribution >= 0.6 is 0 Å². The highest BCUT2D eigenvalue weighted by atomic mass is 19.3. The number of amides is 3. The van der Waals surface area contributed by atoms with Gasteiger partial charge in [-0.05, 0) is 108 Å². The maximum atomic E-state index is 16.2. The van der Waals surface area contributed by atoms with Gasteiger partial charge in [-0.1, -0.05) is 18.2 Å². The molecule has 2 aromatic carbocycles. The molecule has 0 radical (unpaired) electrons. The molecule has 13 nitrogen and oxygen atoms in total. The monoisotopic (exact) mass is 782 g/mol. The van der Waals surface area contributed by atoms with Gasteiger partial charge in [0.1, 0.15) is 11.7 Å². The number of imidazole rings is 1. The highest BCUT2D eigenvalue weighted by Crippen LogP contribution is 2.44. The first kappa shape index (κ1) is 38.6. The molecule has 5 heterocycles. The largest absolute Gasteiger partial charge is 0.386 e. The van der Waals surface area contributed by atoms with E-state index < -0.39 is 41.0 Å². The van der Waals surface area contributed by atoms with Crippen LogP contribution in [0.5, 0.6) is 0 Å². The lowest BCUT2D eigenvalue weighted by Gasteiger charge is -2.41. The third-order valence-electron chi connectivity index (χ3n) is 12.1. The molecule has 57 heavy (non-hydrogen) atoms. The fourth-order valence-corrected chi connectivity index (χ4v) is 9.23. The number of imide groups is 1. The number of benzene rings is 2. The standard InChI is InChI=1S/C42H48F2N8O5/c1-24-7-5-9-31(45-24)38(54)46-33-19-26-22-51(48-32(26)20-30(33)41(2,3)57)27-13-11-25(12-14-27)21-50-18-17-29(42(43,44)23-50)28-8-6-10-34-37(28)49(4)40(56)52(34)35-15-16-36(53)47-39(35)55/h5-10,19-20,22,25,27,29,35,57H,11-18,21,23H2,1-4H3,(H,46,54)(H,47,53,55). The van der Waals surface area contributed by atoms with Crippen molar-refractivity contribution in [1.29, 1.82) is 0 Å². The second kappa shape index (κ2) is 14.6. The molecule has 0 spiro atoms. The normalized spacial score (nSPS) is 23.2. The number of aliphatic hydroxyl groups is 1. The Labute approximate surface area is 328 Å². The minimum atomic E-state index is -3.05. The predicted molar refractivity (Wildman–Crippen MR) is 210 cm³/mol. The maximum absolute atomic E-state index is 16.2. The number of carbonyl (C=O) groups excluding carboxylic acids is 3. The summed E-state index contributed by atoms with van der Waals surface area (Å²) < 4.78 is 37.0.